The molecule has 0 aromatic rings. The summed E-state index contributed by atoms with van der Waals surface area (Å²) in [4.78, 5) is 24.2. The summed E-state index contributed by atoms with van der Waals surface area (Å²) in [5.74, 6) is 1.28. The van der Waals surface area contributed by atoms with E-state index in [0.29, 0.717) is 43.3 Å². The zero-order chi connectivity index (χ0) is 15.8. The third kappa shape index (κ3) is 1.61. The van der Waals surface area contributed by atoms with Crippen LogP contribution in [0.3, 0.4) is 0 Å². The number of hydrogen-bond donors (Lipinski definition) is 0. The van der Waals surface area contributed by atoms with Crippen LogP contribution in [0.15, 0.2) is 0 Å². The monoisotopic (exact) mass is 306 g/mol. The van der Waals surface area contributed by atoms with E-state index in [9.17, 15) is 9.59 Å². The number of carbonyl (C=O) groups is 2. The van der Waals surface area contributed by atoms with Gasteiger partial charge in [-0.05, 0) is 50.4 Å². The highest BCUT2D eigenvalue weighted by molar-refractivity contribution is 5.87. The molecule has 3 heteroatoms. The van der Waals surface area contributed by atoms with E-state index in [2.05, 4.69) is 13.8 Å². The van der Waals surface area contributed by atoms with E-state index in [0.717, 1.165) is 32.1 Å². The van der Waals surface area contributed by atoms with Crippen molar-refractivity contribution < 1.29 is 14.0 Å². The molecular weight excluding hydrogens is 279 g/mol. The van der Waals surface area contributed by atoms with Crippen LogP contribution in [0.5, 0.6) is 0 Å². The first-order valence-corrected chi connectivity index (χ1v) is 9.05. The summed E-state index contributed by atoms with van der Waals surface area (Å²) < 4.78 is 16.2. The van der Waals surface area contributed by atoms with Gasteiger partial charge in [0.2, 0.25) is 0 Å². The SMILES string of the molecule is C[C@]12CC[C@]3(C)C(=O)CCC3[C@@H]1CC[C@@H]1CC(=O)CC[C@@]12F. The largest absolute Gasteiger partial charge is 0.300 e. The average Bonchev–Trinajstić information content (AvgIpc) is 2.77. The predicted molar refractivity (Wildman–Crippen MR) is 82.1 cm³/mol. The minimum Gasteiger partial charge on any atom is -0.300 e. The molecule has 0 aliphatic heterocycles. The van der Waals surface area contributed by atoms with Crippen LogP contribution in [0.2, 0.25) is 0 Å². The third-order valence-corrected chi connectivity index (χ3v) is 8.27. The first-order chi connectivity index (χ1) is 10.3. The molecule has 0 spiro atoms. The van der Waals surface area contributed by atoms with Gasteiger partial charge in [0, 0.05) is 36.0 Å². The zero-order valence-corrected chi connectivity index (χ0v) is 13.8. The Kier molecular flexibility index (Phi) is 2.98. The molecule has 6 atom stereocenters. The molecule has 0 aromatic carbocycles. The molecule has 4 fully saturated rings. The molecule has 4 rings (SSSR count). The Morgan fingerprint density at radius 2 is 1.73 bits per heavy atom. The van der Waals surface area contributed by atoms with Crippen LogP contribution >= 0.6 is 0 Å². The van der Waals surface area contributed by atoms with Crippen molar-refractivity contribution in [1.82, 2.24) is 0 Å². The van der Waals surface area contributed by atoms with E-state index in [1.54, 1.807) is 0 Å². The fraction of sp³-hybridized carbons (Fsp3) is 0.895. The van der Waals surface area contributed by atoms with Gasteiger partial charge in [-0.2, -0.15) is 0 Å². The maximum absolute atomic E-state index is 16.2. The number of carbonyl (C=O) groups excluding carboxylic acids is 2. The molecule has 0 saturated heterocycles. The van der Waals surface area contributed by atoms with Crippen LogP contribution < -0.4 is 0 Å². The fourth-order valence-corrected chi connectivity index (χ4v) is 6.78. The van der Waals surface area contributed by atoms with E-state index in [1.807, 2.05) is 0 Å². The fourth-order valence-electron chi connectivity index (χ4n) is 6.78. The highest BCUT2D eigenvalue weighted by atomic mass is 19.1. The van der Waals surface area contributed by atoms with Gasteiger partial charge in [-0.3, -0.25) is 9.59 Å². The van der Waals surface area contributed by atoms with Crippen molar-refractivity contribution in [2.75, 3.05) is 0 Å². The van der Waals surface area contributed by atoms with Crippen molar-refractivity contribution >= 4 is 11.6 Å². The molecule has 22 heavy (non-hydrogen) atoms. The van der Waals surface area contributed by atoms with E-state index < -0.39 is 5.67 Å². The van der Waals surface area contributed by atoms with Crippen LogP contribution in [0.25, 0.3) is 0 Å². The number of alkyl halides is 1. The third-order valence-electron chi connectivity index (χ3n) is 8.27. The summed E-state index contributed by atoms with van der Waals surface area (Å²) in [5.41, 5.74) is -1.71. The van der Waals surface area contributed by atoms with Gasteiger partial charge in [0.05, 0.1) is 0 Å². The number of rotatable bonds is 0. The molecule has 0 heterocycles. The minimum atomic E-state index is -1.18. The van der Waals surface area contributed by atoms with Crippen molar-refractivity contribution in [3.05, 3.63) is 0 Å². The van der Waals surface area contributed by atoms with Crippen LogP contribution in [-0.4, -0.2) is 17.2 Å². The van der Waals surface area contributed by atoms with Crippen LogP contribution in [0.4, 0.5) is 4.39 Å². The lowest BCUT2D eigenvalue weighted by molar-refractivity contribution is -0.189. The second-order valence-electron chi connectivity index (χ2n) is 8.89. The summed E-state index contributed by atoms with van der Waals surface area (Å²) in [6.45, 7) is 4.27. The second kappa shape index (κ2) is 4.42. The molecule has 0 N–H and O–H groups in total. The molecule has 0 aromatic heterocycles. The molecule has 0 bridgehead atoms. The first-order valence-electron chi connectivity index (χ1n) is 9.05. The first kappa shape index (κ1) is 14.8. The maximum Gasteiger partial charge on any atom is 0.139 e. The predicted octanol–water partition coefficient (Wildman–Crippen LogP) is 4.26. The quantitative estimate of drug-likeness (QED) is 0.670. The average molecular weight is 306 g/mol. The van der Waals surface area contributed by atoms with Gasteiger partial charge >= 0.3 is 0 Å². The van der Waals surface area contributed by atoms with Crippen molar-refractivity contribution in [2.45, 2.75) is 77.3 Å². The molecule has 0 amide bonds. The van der Waals surface area contributed by atoms with Crippen molar-refractivity contribution in [2.24, 2.45) is 28.6 Å². The molecule has 122 valence electrons. The lowest BCUT2D eigenvalue weighted by Crippen LogP contribution is -2.62. The van der Waals surface area contributed by atoms with Gasteiger partial charge in [-0.15, -0.1) is 0 Å². The van der Waals surface area contributed by atoms with E-state index >= 15 is 4.39 Å². The van der Waals surface area contributed by atoms with Gasteiger partial charge in [0.25, 0.3) is 0 Å². The molecule has 4 aliphatic rings. The highest BCUT2D eigenvalue weighted by Crippen LogP contribution is 2.68. The van der Waals surface area contributed by atoms with Gasteiger partial charge in [-0.25, -0.2) is 4.39 Å². The Bertz CT molecular complexity index is 544. The molecular formula is C19H27FO2. The van der Waals surface area contributed by atoms with Gasteiger partial charge in [-0.1, -0.05) is 13.8 Å². The number of hydrogen-bond acceptors (Lipinski definition) is 2. The minimum absolute atomic E-state index is 0.0727. The van der Waals surface area contributed by atoms with Crippen LogP contribution in [-0.2, 0) is 9.59 Å². The topological polar surface area (TPSA) is 34.1 Å². The molecule has 0 radical (unpaired) electrons. The van der Waals surface area contributed by atoms with E-state index in [-0.39, 0.29) is 22.5 Å². The number of ketones is 2. The van der Waals surface area contributed by atoms with Gasteiger partial charge in [0.1, 0.15) is 17.2 Å². The van der Waals surface area contributed by atoms with E-state index in [4.69, 9.17) is 0 Å². The number of halogens is 1. The Morgan fingerprint density at radius 1 is 0.955 bits per heavy atom. The molecule has 4 saturated carbocycles. The standard InChI is InChI=1S/C19H27FO2/c1-17-9-10-18(2)15(14(17)5-6-16(17)22)4-3-12-11-13(21)7-8-19(12,18)20/h12,14-15H,3-11H2,1-2H3/t12-,14?,15+,17+,18+,19-/m1/s1. The summed E-state index contributed by atoms with van der Waals surface area (Å²) >= 11 is 0. The number of Topliss-reactive ketones (excluding diaryl/α,β-unsaturated/α-hetero) is 2. The van der Waals surface area contributed by atoms with Crippen molar-refractivity contribution in [1.29, 1.82) is 0 Å². The summed E-state index contributed by atoms with van der Waals surface area (Å²) in [6, 6.07) is 0. The summed E-state index contributed by atoms with van der Waals surface area (Å²) in [7, 11) is 0. The smallest absolute Gasteiger partial charge is 0.139 e. The summed E-state index contributed by atoms with van der Waals surface area (Å²) in [5, 5.41) is 0. The molecule has 1 unspecified atom stereocenters. The van der Waals surface area contributed by atoms with Crippen molar-refractivity contribution in [3.63, 3.8) is 0 Å². The lowest BCUT2D eigenvalue weighted by Gasteiger charge is -2.62. The second-order valence-corrected chi connectivity index (χ2v) is 8.89. The Labute approximate surface area is 132 Å². The Hall–Kier alpha value is -0.730. The Morgan fingerprint density at radius 3 is 2.50 bits per heavy atom. The van der Waals surface area contributed by atoms with Gasteiger partial charge in [0.15, 0.2) is 0 Å². The van der Waals surface area contributed by atoms with Crippen LogP contribution in [0, 0.1) is 28.6 Å². The molecule has 2 nitrogen and oxygen atoms in total. The van der Waals surface area contributed by atoms with E-state index in [1.165, 1.54) is 0 Å². The summed E-state index contributed by atoms with van der Waals surface area (Å²) in [6.07, 6.45) is 6.42. The Balaban J connectivity index is 1.72. The maximum atomic E-state index is 16.2. The number of fused-ring (bicyclic) bond motifs is 5. The lowest BCUT2D eigenvalue weighted by atomic mass is 9.43. The zero-order valence-electron chi connectivity index (χ0n) is 13.8. The highest BCUT2D eigenvalue weighted by Gasteiger charge is 2.67. The van der Waals surface area contributed by atoms with Gasteiger partial charge < -0.3 is 0 Å². The van der Waals surface area contributed by atoms with Crippen LogP contribution in [0.1, 0.15) is 71.6 Å². The molecule has 4 aliphatic carbocycles. The van der Waals surface area contributed by atoms with Crippen molar-refractivity contribution in [3.8, 4) is 0 Å². The normalized spacial score (nSPS) is 54.6.